The van der Waals surface area contributed by atoms with Gasteiger partial charge in [-0.2, -0.15) is 0 Å². The van der Waals surface area contributed by atoms with E-state index in [4.69, 9.17) is 8.83 Å². The minimum Gasteiger partial charge on any atom is -0.455 e. The van der Waals surface area contributed by atoms with Crippen molar-refractivity contribution in [3.63, 3.8) is 0 Å². The van der Waals surface area contributed by atoms with E-state index < -0.39 is 0 Å². The van der Waals surface area contributed by atoms with Gasteiger partial charge < -0.3 is 8.83 Å². The largest absolute Gasteiger partial charge is 0.455 e. The smallest absolute Gasteiger partial charge is 0.143 e. The number of para-hydroxylation sites is 2. The number of fused-ring (bicyclic) bond motifs is 12. The zero-order valence-corrected chi connectivity index (χ0v) is 46.7. The lowest BCUT2D eigenvalue weighted by Gasteiger charge is -2.20. The molecule has 2 heteroatoms. The highest BCUT2D eigenvalue weighted by Gasteiger charge is 2.25. The van der Waals surface area contributed by atoms with Gasteiger partial charge in [0.25, 0.3) is 0 Å². The standard InChI is InChI=1S/C84H50O2/c1-2-21-52(22-3-1)57-36-18-42-74-81-72(41-20-44-76(81)86-83(57)74)79-67-30-10-8-28-65(67)78(66-29-9-11-31-68(66)79)62-40-19-37-59-55(35-17-38-60(59)62)53-45-47-54(48-46-53)58-49-50-73(82-71-34-14-15-43-75(71)85-84(58)82)80-69-32-12-6-26-63(69)77(64-27-7-13-33-70(64)80)61-39-16-24-51-23-4-5-25-56(51)61/h1-50H. The topological polar surface area (TPSA) is 26.3 Å². The summed E-state index contributed by atoms with van der Waals surface area (Å²) in [6.07, 6.45) is 0. The average Bonchev–Trinajstić information content (AvgIpc) is 1.33. The molecule has 0 radical (unpaired) electrons. The van der Waals surface area contributed by atoms with E-state index >= 15 is 0 Å². The molecule has 18 aromatic rings. The van der Waals surface area contributed by atoms with Crippen molar-refractivity contribution in [2.45, 2.75) is 0 Å². The lowest BCUT2D eigenvalue weighted by molar-refractivity contribution is 0.669. The van der Waals surface area contributed by atoms with Crippen molar-refractivity contribution in [2.24, 2.45) is 0 Å². The van der Waals surface area contributed by atoms with Crippen LogP contribution in [-0.2, 0) is 0 Å². The molecule has 2 heterocycles. The van der Waals surface area contributed by atoms with Crippen molar-refractivity contribution >= 4 is 109 Å². The van der Waals surface area contributed by atoms with Crippen LogP contribution in [0.5, 0.6) is 0 Å². The van der Waals surface area contributed by atoms with Crippen LogP contribution in [0.3, 0.4) is 0 Å². The lowest BCUT2D eigenvalue weighted by Crippen LogP contribution is -1.93. The molecule has 0 spiro atoms. The maximum atomic E-state index is 7.03. The Bertz CT molecular complexity index is 5700. The molecule has 0 bridgehead atoms. The summed E-state index contributed by atoms with van der Waals surface area (Å²) in [7, 11) is 0. The summed E-state index contributed by atoms with van der Waals surface area (Å²) in [6, 6.07) is 111. The van der Waals surface area contributed by atoms with Crippen molar-refractivity contribution < 1.29 is 8.83 Å². The van der Waals surface area contributed by atoms with Crippen LogP contribution in [0.15, 0.2) is 312 Å². The van der Waals surface area contributed by atoms with E-state index in [0.29, 0.717) is 0 Å². The van der Waals surface area contributed by atoms with Crippen LogP contribution in [0.4, 0.5) is 0 Å². The molecule has 0 saturated carbocycles. The Kier molecular flexibility index (Phi) is 10.7. The fourth-order valence-electron chi connectivity index (χ4n) is 14.6. The summed E-state index contributed by atoms with van der Waals surface area (Å²) < 4.78 is 13.9. The normalized spacial score (nSPS) is 12.0. The van der Waals surface area contributed by atoms with Gasteiger partial charge in [0.15, 0.2) is 0 Å². The van der Waals surface area contributed by atoms with Crippen LogP contribution in [0, 0.1) is 0 Å². The number of benzene rings is 16. The Labute approximate surface area is 495 Å². The zero-order chi connectivity index (χ0) is 56.4. The van der Waals surface area contributed by atoms with E-state index in [9.17, 15) is 0 Å². The van der Waals surface area contributed by atoms with Gasteiger partial charge in [-0.05, 0) is 150 Å². The molecule has 2 aromatic heterocycles. The molecule has 86 heavy (non-hydrogen) atoms. The fourth-order valence-corrected chi connectivity index (χ4v) is 14.6. The second-order valence-corrected chi connectivity index (χ2v) is 22.8. The molecule has 0 aliphatic carbocycles. The van der Waals surface area contributed by atoms with Crippen LogP contribution >= 0.6 is 0 Å². The number of hydrogen-bond acceptors (Lipinski definition) is 2. The Morgan fingerprint density at radius 3 is 1.10 bits per heavy atom. The van der Waals surface area contributed by atoms with Gasteiger partial charge in [-0.1, -0.05) is 285 Å². The predicted octanol–water partition coefficient (Wildman–Crippen LogP) is 24.1. The molecule has 0 unspecified atom stereocenters. The average molecular weight is 1090 g/mol. The Balaban J connectivity index is 0.773. The van der Waals surface area contributed by atoms with E-state index in [1.807, 2.05) is 0 Å². The summed E-state index contributed by atoms with van der Waals surface area (Å²) in [5.41, 5.74) is 19.9. The molecule has 16 aromatic carbocycles. The van der Waals surface area contributed by atoms with Crippen LogP contribution in [0.1, 0.15) is 0 Å². The van der Waals surface area contributed by atoms with Crippen molar-refractivity contribution in [1.82, 2.24) is 0 Å². The molecule has 0 saturated heterocycles. The molecule has 0 amide bonds. The fraction of sp³-hybridized carbons (Fsp3) is 0. The van der Waals surface area contributed by atoms with E-state index in [0.717, 1.165) is 82.8 Å². The summed E-state index contributed by atoms with van der Waals surface area (Å²) in [5.74, 6) is 0. The van der Waals surface area contributed by atoms with Crippen LogP contribution in [0.25, 0.3) is 186 Å². The Morgan fingerprint density at radius 1 is 0.163 bits per heavy atom. The summed E-state index contributed by atoms with van der Waals surface area (Å²) in [5, 5.41) is 19.1. The molecule has 2 nitrogen and oxygen atoms in total. The predicted molar refractivity (Wildman–Crippen MR) is 364 cm³/mol. The van der Waals surface area contributed by atoms with Crippen LogP contribution < -0.4 is 0 Å². The molecule has 0 aliphatic rings. The quantitative estimate of drug-likeness (QED) is 0.149. The second kappa shape index (κ2) is 19.1. The molecule has 0 atom stereocenters. The first kappa shape index (κ1) is 48.2. The molecule has 0 N–H and O–H groups in total. The third-order valence-corrected chi connectivity index (χ3v) is 18.3. The molecular weight excluding hydrogens is 1040 g/mol. The van der Waals surface area contributed by atoms with Crippen molar-refractivity contribution in [3.05, 3.63) is 303 Å². The third-order valence-electron chi connectivity index (χ3n) is 18.3. The van der Waals surface area contributed by atoms with Gasteiger partial charge >= 0.3 is 0 Å². The third kappa shape index (κ3) is 7.20. The van der Waals surface area contributed by atoms with E-state index in [1.54, 1.807) is 0 Å². The van der Waals surface area contributed by atoms with E-state index in [-0.39, 0.29) is 0 Å². The van der Waals surface area contributed by atoms with Crippen molar-refractivity contribution in [1.29, 1.82) is 0 Å². The first-order valence-corrected chi connectivity index (χ1v) is 29.6. The van der Waals surface area contributed by atoms with Gasteiger partial charge in [-0.3, -0.25) is 0 Å². The zero-order valence-electron chi connectivity index (χ0n) is 46.7. The first-order chi connectivity index (χ1) is 42.7. The van der Waals surface area contributed by atoms with Gasteiger partial charge in [0.05, 0.1) is 0 Å². The van der Waals surface area contributed by atoms with Crippen LogP contribution in [-0.4, -0.2) is 0 Å². The van der Waals surface area contributed by atoms with Crippen molar-refractivity contribution in [3.8, 4) is 77.9 Å². The lowest BCUT2D eigenvalue weighted by atomic mass is 9.83. The maximum absolute atomic E-state index is 7.03. The van der Waals surface area contributed by atoms with E-state index in [2.05, 4.69) is 303 Å². The number of rotatable bonds is 7. The van der Waals surface area contributed by atoms with Crippen molar-refractivity contribution in [2.75, 3.05) is 0 Å². The van der Waals surface area contributed by atoms with Gasteiger partial charge in [0.1, 0.15) is 22.3 Å². The summed E-state index contributed by atoms with van der Waals surface area (Å²) in [4.78, 5) is 0. The molecule has 0 aliphatic heterocycles. The molecule has 0 fully saturated rings. The first-order valence-electron chi connectivity index (χ1n) is 29.6. The Hall–Kier alpha value is -11.3. The molecule has 18 rings (SSSR count). The van der Waals surface area contributed by atoms with Gasteiger partial charge in [-0.15, -0.1) is 0 Å². The maximum Gasteiger partial charge on any atom is 0.143 e. The van der Waals surface area contributed by atoms with Gasteiger partial charge in [0, 0.05) is 32.7 Å². The molecular formula is C84H50O2. The second-order valence-electron chi connectivity index (χ2n) is 22.8. The number of furan rings is 2. The van der Waals surface area contributed by atoms with E-state index in [1.165, 1.54) is 104 Å². The number of hydrogen-bond donors (Lipinski definition) is 0. The van der Waals surface area contributed by atoms with Gasteiger partial charge in [-0.25, -0.2) is 0 Å². The summed E-state index contributed by atoms with van der Waals surface area (Å²) >= 11 is 0. The van der Waals surface area contributed by atoms with Gasteiger partial charge in [0.2, 0.25) is 0 Å². The minimum atomic E-state index is 0.872. The highest BCUT2D eigenvalue weighted by atomic mass is 16.3. The Morgan fingerprint density at radius 2 is 0.500 bits per heavy atom. The minimum absolute atomic E-state index is 0.872. The van der Waals surface area contributed by atoms with Crippen LogP contribution in [0.2, 0.25) is 0 Å². The molecule has 398 valence electrons. The SMILES string of the molecule is c1ccc(-c2cccc3c2oc2cccc(-c4c5ccccc5c(-c5cccc6c(-c7ccc(-c8ccc(-c9c%10ccccc%10c(-c%10cccc%11ccccc%10%11)c%10ccccc9%10)c9c8oc8ccccc89)cc7)cccc56)c5ccccc45)c23)cc1. The highest BCUT2D eigenvalue weighted by molar-refractivity contribution is 6.30. The highest BCUT2D eigenvalue weighted by Crippen LogP contribution is 2.52. The monoisotopic (exact) mass is 1090 g/mol. The summed E-state index contributed by atoms with van der Waals surface area (Å²) in [6.45, 7) is 0.